The SMILES string of the molecule is O=C(Sc1c[nH]ccc1=O)N(c1ccccc1)c1ccccc1. The van der Waals surface area contributed by atoms with Gasteiger partial charge in [0.2, 0.25) is 0 Å². The standard InChI is InChI=1S/C18H14N2O2S/c21-16-11-12-19-13-17(16)23-18(22)20(14-7-3-1-4-8-14)15-9-5-2-6-10-15/h1-13H,(H,19,21). The summed E-state index contributed by atoms with van der Waals surface area (Å²) in [5.41, 5.74) is 1.33. The van der Waals surface area contributed by atoms with Crippen LogP contribution in [0.2, 0.25) is 0 Å². The second-order valence-corrected chi connectivity index (χ2v) is 5.74. The normalized spacial score (nSPS) is 10.3. The number of nitrogens with zero attached hydrogens (tertiary/aromatic N) is 1. The second kappa shape index (κ2) is 6.98. The first-order valence-electron chi connectivity index (χ1n) is 7.05. The number of carbonyl (C=O) groups is 1. The van der Waals surface area contributed by atoms with Crippen molar-refractivity contribution in [1.82, 2.24) is 4.98 Å². The van der Waals surface area contributed by atoms with Crippen LogP contribution in [0.1, 0.15) is 0 Å². The molecule has 0 radical (unpaired) electrons. The molecule has 0 fully saturated rings. The average molecular weight is 322 g/mol. The Morgan fingerprint density at radius 1 is 0.870 bits per heavy atom. The molecule has 0 unspecified atom stereocenters. The van der Waals surface area contributed by atoms with Crippen LogP contribution in [0, 0.1) is 0 Å². The highest BCUT2D eigenvalue weighted by molar-refractivity contribution is 8.14. The van der Waals surface area contributed by atoms with Crippen LogP contribution in [0.25, 0.3) is 0 Å². The topological polar surface area (TPSA) is 53.2 Å². The van der Waals surface area contributed by atoms with Crippen molar-refractivity contribution < 1.29 is 4.79 Å². The highest BCUT2D eigenvalue weighted by Crippen LogP contribution is 2.30. The van der Waals surface area contributed by atoms with E-state index in [1.165, 1.54) is 6.07 Å². The third kappa shape index (κ3) is 3.52. The maximum Gasteiger partial charge on any atom is 0.295 e. The highest BCUT2D eigenvalue weighted by atomic mass is 32.2. The Morgan fingerprint density at radius 3 is 1.96 bits per heavy atom. The van der Waals surface area contributed by atoms with Crippen molar-refractivity contribution in [3.05, 3.63) is 89.3 Å². The molecule has 0 aliphatic heterocycles. The number of rotatable bonds is 3. The molecule has 0 aliphatic carbocycles. The summed E-state index contributed by atoms with van der Waals surface area (Å²) in [5.74, 6) is 0. The first-order chi connectivity index (χ1) is 11.3. The van der Waals surface area contributed by atoms with E-state index in [1.54, 1.807) is 17.3 Å². The number of aromatic amines is 1. The van der Waals surface area contributed by atoms with Crippen LogP contribution < -0.4 is 10.3 Å². The summed E-state index contributed by atoms with van der Waals surface area (Å²) < 4.78 is 0. The first kappa shape index (κ1) is 15.1. The van der Waals surface area contributed by atoms with E-state index in [0.717, 1.165) is 23.1 Å². The minimum Gasteiger partial charge on any atom is -0.366 e. The number of H-pyrrole nitrogens is 1. The summed E-state index contributed by atoms with van der Waals surface area (Å²) in [7, 11) is 0. The van der Waals surface area contributed by atoms with Crippen LogP contribution in [-0.2, 0) is 0 Å². The van der Waals surface area contributed by atoms with Crippen LogP contribution in [0.4, 0.5) is 16.2 Å². The van der Waals surface area contributed by atoms with Crippen molar-refractivity contribution in [2.24, 2.45) is 0 Å². The lowest BCUT2D eigenvalue weighted by molar-refractivity contribution is 0.267. The van der Waals surface area contributed by atoms with Crippen molar-refractivity contribution >= 4 is 28.4 Å². The Kier molecular flexibility index (Phi) is 4.59. The van der Waals surface area contributed by atoms with Crippen molar-refractivity contribution in [2.45, 2.75) is 4.90 Å². The maximum atomic E-state index is 12.8. The molecule has 0 saturated heterocycles. The molecule has 0 aliphatic rings. The molecule has 3 aromatic rings. The van der Waals surface area contributed by atoms with Gasteiger partial charge in [0.05, 0.1) is 4.90 Å². The number of carbonyl (C=O) groups excluding carboxylic acids is 1. The summed E-state index contributed by atoms with van der Waals surface area (Å²) in [5, 5.41) is -0.237. The van der Waals surface area contributed by atoms with Gasteiger partial charge < -0.3 is 4.98 Å². The third-order valence-electron chi connectivity index (χ3n) is 3.20. The van der Waals surface area contributed by atoms with Gasteiger partial charge in [-0.2, -0.15) is 0 Å². The van der Waals surface area contributed by atoms with E-state index in [0.29, 0.717) is 4.90 Å². The summed E-state index contributed by atoms with van der Waals surface area (Å²) in [6.45, 7) is 0. The zero-order valence-corrected chi connectivity index (χ0v) is 13.0. The highest BCUT2D eigenvalue weighted by Gasteiger charge is 2.19. The zero-order valence-electron chi connectivity index (χ0n) is 12.2. The monoisotopic (exact) mass is 322 g/mol. The fourth-order valence-electron chi connectivity index (χ4n) is 2.13. The number of benzene rings is 2. The van der Waals surface area contributed by atoms with Crippen LogP contribution in [0.3, 0.4) is 0 Å². The average Bonchev–Trinajstić information content (AvgIpc) is 2.59. The molecule has 0 spiro atoms. The van der Waals surface area contributed by atoms with Crippen LogP contribution in [0.5, 0.6) is 0 Å². The van der Waals surface area contributed by atoms with Crippen LogP contribution >= 0.6 is 11.8 Å². The third-order valence-corrected chi connectivity index (χ3v) is 4.09. The largest absolute Gasteiger partial charge is 0.366 e. The first-order valence-corrected chi connectivity index (χ1v) is 7.86. The summed E-state index contributed by atoms with van der Waals surface area (Å²) in [4.78, 5) is 29.4. The van der Waals surface area contributed by atoms with Gasteiger partial charge in [-0.15, -0.1) is 0 Å². The number of nitrogens with one attached hydrogen (secondary N) is 1. The van der Waals surface area contributed by atoms with E-state index < -0.39 is 0 Å². The quantitative estimate of drug-likeness (QED) is 0.726. The molecule has 0 bridgehead atoms. The molecule has 1 amide bonds. The van der Waals surface area contributed by atoms with Gasteiger partial charge in [-0.1, -0.05) is 36.4 Å². The molecular formula is C18H14N2O2S. The molecule has 5 heteroatoms. The number of hydrogen-bond donors (Lipinski definition) is 1. The molecule has 0 atom stereocenters. The molecule has 1 aromatic heterocycles. The predicted molar refractivity (Wildman–Crippen MR) is 93.3 cm³/mol. The zero-order chi connectivity index (χ0) is 16.1. The molecule has 3 rings (SSSR count). The summed E-state index contributed by atoms with van der Waals surface area (Å²) in [6, 6.07) is 20.1. The summed E-state index contributed by atoms with van der Waals surface area (Å²) in [6.07, 6.45) is 3.09. The second-order valence-electron chi connectivity index (χ2n) is 4.75. The van der Waals surface area contributed by atoms with Crippen molar-refractivity contribution in [2.75, 3.05) is 4.90 Å². The maximum absolute atomic E-state index is 12.8. The van der Waals surface area contributed by atoms with Crippen molar-refractivity contribution in [3.8, 4) is 0 Å². The minimum absolute atomic E-state index is 0.178. The number of hydrogen-bond acceptors (Lipinski definition) is 3. The van der Waals surface area contributed by atoms with Gasteiger partial charge in [0, 0.05) is 29.8 Å². The van der Waals surface area contributed by atoms with E-state index in [1.807, 2.05) is 60.7 Å². The lowest BCUT2D eigenvalue weighted by Gasteiger charge is -2.22. The number of thioether (sulfide) groups is 1. The fourth-order valence-corrected chi connectivity index (χ4v) is 2.92. The number of para-hydroxylation sites is 2. The van der Waals surface area contributed by atoms with Gasteiger partial charge in [0.25, 0.3) is 5.24 Å². The Bertz CT molecular complexity index is 808. The van der Waals surface area contributed by atoms with Crippen molar-refractivity contribution in [1.29, 1.82) is 0 Å². The van der Waals surface area contributed by atoms with E-state index in [4.69, 9.17) is 0 Å². The molecule has 1 heterocycles. The molecule has 4 nitrogen and oxygen atoms in total. The number of pyridine rings is 1. The molecule has 1 N–H and O–H groups in total. The van der Waals surface area contributed by atoms with Crippen LogP contribution in [-0.4, -0.2) is 10.2 Å². The van der Waals surface area contributed by atoms with E-state index in [2.05, 4.69) is 4.98 Å². The predicted octanol–water partition coefficient (Wildman–Crippen LogP) is 4.43. The van der Waals surface area contributed by atoms with E-state index in [9.17, 15) is 9.59 Å². The molecule has 0 saturated carbocycles. The molecule has 23 heavy (non-hydrogen) atoms. The van der Waals surface area contributed by atoms with Gasteiger partial charge in [-0.25, -0.2) is 0 Å². The fraction of sp³-hybridized carbons (Fsp3) is 0. The van der Waals surface area contributed by atoms with Gasteiger partial charge in [0.1, 0.15) is 0 Å². The Balaban J connectivity index is 1.97. The van der Waals surface area contributed by atoms with Crippen molar-refractivity contribution in [3.63, 3.8) is 0 Å². The molecule has 2 aromatic carbocycles. The number of anilines is 2. The smallest absolute Gasteiger partial charge is 0.295 e. The van der Waals surface area contributed by atoms with E-state index in [-0.39, 0.29) is 10.7 Å². The Hall–Kier alpha value is -2.79. The lowest BCUT2D eigenvalue weighted by atomic mass is 10.2. The van der Waals surface area contributed by atoms with Gasteiger partial charge in [-0.05, 0) is 36.0 Å². The molecular weight excluding hydrogens is 308 g/mol. The lowest BCUT2D eigenvalue weighted by Crippen LogP contribution is -2.22. The van der Waals surface area contributed by atoms with Gasteiger partial charge in [-0.3, -0.25) is 14.5 Å². The van der Waals surface area contributed by atoms with Gasteiger partial charge >= 0.3 is 0 Å². The Labute approximate surface area is 137 Å². The number of amides is 1. The van der Waals surface area contributed by atoms with Gasteiger partial charge in [0.15, 0.2) is 5.43 Å². The van der Waals surface area contributed by atoms with E-state index >= 15 is 0 Å². The van der Waals surface area contributed by atoms with Crippen LogP contribution in [0.15, 0.2) is 88.8 Å². The minimum atomic E-state index is -0.237. The Morgan fingerprint density at radius 2 is 1.43 bits per heavy atom. The number of aromatic nitrogens is 1. The summed E-state index contributed by atoms with van der Waals surface area (Å²) >= 11 is 0.911. The molecule has 114 valence electrons.